The molecule has 1 aliphatic rings. The lowest BCUT2D eigenvalue weighted by molar-refractivity contribution is -0.121. The molecule has 0 spiro atoms. The topological polar surface area (TPSA) is 52.6 Å². The molecule has 2 aromatic rings. The largest absolute Gasteiger partial charge is 0.395 e. The zero-order valence-electron chi connectivity index (χ0n) is 12.2. The lowest BCUT2D eigenvalue weighted by Crippen LogP contribution is -2.31. The van der Waals surface area contributed by atoms with Crippen LogP contribution in [0.2, 0.25) is 0 Å². The number of aliphatic hydroxyl groups excluding tert-OH is 1. The number of para-hydroxylation sites is 2. The van der Waals surface area contributed by atoms with E-state index in [2.05, 4.69) is 34.5 Å². The molecule has 5 heteroatoms. The Morgan fingerprint density at radius 1 is 1.05 bits per heavy atom. The molecule has 0 atom stereocenters. The Bertz CT molecular complexity index is 630. The average molecular weight is 314 g/mol. The maximum Gasteiger partial charge on any atom is 0.221 e. The average Bonchev–Trinajstić information content (AvgIpc) is 2.56. The number of benzene rings is 2. The van der Waals surface area contributed by atoms with Crippen LogP contribution in [0.15, 0.2) is 58.3 Å². The standard InChI is InChI=1S/C17H18N2O2S/c20-12-10-18-17(21)9-11-19-13-5-1-3-7-15(13)22-16-8-4-2-6-14(16)19/h1-8,20H,9-12H2,(H,18,21). The van der Waals surface area contributed by atoms with Gasteiger partial charge < -0.3 is 15.3 Å². The molecule has 114 valence electrons. The van der Waals surface area contributed by atoms with Crippen LogP contribution >= 0.6 is 11.8 Å². The number of aliphatic hydroxyl groups is 1. The summed E-state index contributed by atoms with van der Waals surface area (Å²) in [5, 5.41) is 11.5. The summed E-state index contributed by atoms with van der Waals surface area (Å²) in [6.07, 6.45) is 0.396. The number of carbonyl (C=O) groups is 1. The normalized spacial score (nSPS) is 12.5. The third-order valence-corrected chi connectivity index (χ3v) is 4.66. The molecule has 0 unspecified atom stereocenters. The monoisotopic (exact) mass is 314 g/mol. The Hall–Kier alpha value is -1.98. The van der Waals surface area contributed by atoms with Gasteiger partial charge in [-0.3, -0.25) is 4.79 Å². The van der Waals surface area contributed by atoms with E-state index in [-0.39, 0.29) is 12.5 Å². The van der Waals surface area contributed by atoms with E-state index in [1.165, 1.54) is 9.79 Å². The first-order valence-corrected chi connectivity index (χ1v) is 8.12. The zero-order valence-corrected chi connectivity index (χ0v) is 13.0. The maximum atomic E-state index is 11.8. The fourth-order valence-electron chi connectivity index (χ4n) is 2.52. The molecular weight excluding hydrogens is 296 g/mol. The molecule has 0 radical (unpaired) electrons. The molecular formula is C17H18N2O2S. The second kappa shape index (κ2) is 6.85. The minimum absolute atomic E-state index is 0.0300. The number of nitrogens with one attached hydrogen (secondary N) is 1. The summed E-state index contributed by atoms with van der Waals surface area (Å²) in [6.45, 7) is 0.894. The second-order valence-corrected chi connectivity index (χ2v) is 6.10. The number of carbonyl (C=O) groups excluding carboxylic acids is 1. The molecule has 0 aliphatic carbocycles. The van der Waals surface area contributed by atoms with Gasteiger partial charge in [-0.15, -0.1) is 0 Å². The van der Waals surface area contributed by atoms with E-state index in [4.69, 9.17) is 5.11 Å². The van der Waals surface area contributed by atoms with Gasteiger partial charge in [0, 0.05) is 29.3 Å². The van der Waals surface area contributed by atoms with E-state index < -0.39 is 0 Å². The molecule has 1 amide bonds. The van der Waals surface area contributed by atoms with Crippen molar-refractivity contribution in [1.29, 1.82) is 0 Å². The molecule has 0 bridgehead atoms. The highest BCUT2D eigenvalue weighted by atomic mass is 32.2. The molecule has 4 nitrogen and oxygen atoms in total. The number of hydrogen-bond donors (Lipinski definition) is 2. The summed E-state index contributed by atoms with van der Waals surface area (Å²) in [7, 11) is 0. The van der Waals surface area contributed by atoms with Gasteiger partial charge in [-0.05, 0) is 24.3 Å². The van der Waals surface area contributed by atoms with Crippen LogP contribution < -0.4 is 10.2 Å². The van der Waals surface area contributed by atoms with Crippen molar-refractivity contribution in [3.05, 3.63) is 48.5 Å². The Labute approximate surface area is 134 Å². The van der Waals surface area contributed by atoms with Gasteiger partial charge in [-0.25, -0.2) is 0 Å². The van der Waals surface area contributed by atoms with E-state index in [0.29, 0.717) is 19.5 Å². The van der Waals surface area contributed by atoms with Gasteiger partial charge in [-0.1, -0.05) is 36.0 Å². The highest BCUT2D eigenvalue weighted by Gasteiger charge is 2.22. The predicted octanol–water partition coefficient (Wildman–Crippen LogP) is 2.79. The first kappa shape index (κ1) is 14.9. The number of fused-ring (bicyclic) bond motifs is 2. The molecule has 0 saturated heterocycles. The van der Waals surface area contributed by atoms with Crippen molar-refractivity contribution < 1.29 is 9.90 Å². The van der Waals surface area contributed by atoms with Crippen LogP contribution in [0.5, 0.6) is 0 Å². The van der Waals surface area contributed by atoms with Gasteiger partial charge in [0.05, 0.1) is 18.0 Å². The summed E-state index contributed by atoms with van der Waals surface area (Å²) in [4.78, 5) is 16.4. The minimum atomic E-state index is -0.0396. The number of nitrogens with zero attached hydrogens (tertiary/aromatic N) is 1. The van der Waals surface area contributed by atoms with Gasteiger partial charge in [0.1, 0.15) is 0 Å². The molecule has 0 fully saturated rings. The zero-order chi connectivity index (χ0) is 15.4. The van der Waals surface area contributed by atoms with Crippen molar-refractivity contribution in [3.8, 4) is 0 Å². The van der Waals surface area contributed by atoms with Gasteiger partial charge in [0.2, 0.25) is 5.91 Å². The van der Waals surface area contributed by atoms with Crippen LogP contribution in [0.4, 0.5) is 11.4 Å². The van der Waals surface area contributed by atoms with E-state index in [0.717, 1.165) is 11.4 Å². The molecule has 0 saturated carbocycles. The fourth-order valence-corrected chi connectivity index (χ4v) is 3.61. The molecule has 1 heterocycles. The van der Waals surface area contributed by atoms with Crippen molar-refractivity contribution in [3.63, 3.8) is 0 Å². The van der Waals surface area contributed by atoms with E-state index in [9.17, 15) is 4.79 Å². The highest BCUT2D eigenvalue weighted by molar-refractivity contribution is 7.99. The Morgan fingerprint density at radius 3 is 2.23 bits per heavy atom. The smallest absolute Gasteiger partial charge is 0.221 e. The predicted molar refractivity (Wildman–Crippen MR) is 88.7 cm³/mol. The maximum absolute atomic E-state index is 11.8. The van der Waals surface area contributed by atoms with E-state index >= 15 is 0 Å². The molecule has 2 N–H and O–H groups in total. The van der Waals surface area contributed by atoms with Gasteiger partial charge in [0.15, 0.2) is 0 Å². The van der Waals surface area contributed by atoms with Crippen LogP contribution in [0.25, 0.3) is 0 Å². The third kappa shape index (κ3) is 3.10. The van der Waals surface area contributed by atoms with Crippen LogP contribution in [0.1, 0.15) is 6.42 Å². The SMILES string of the molecule is O=C(CCN1c2ccccc2Sc2ccccc21)NCCO. The number of amides is 1. The molecule has 1 aliphatic heterocycles. The number of anilines is 2. The van der Waals surface area contributed by atoms with Crippen molar-refractivity contribution in [2.75, 3.05) is 24.6 Å². The van der Waals surface area contributed by atoms with Gasteiger partial charge in [-0.2, -0.15) is 0 Å². The second-order valence-electron chi connectivity index (χ2n) is 5.01. The van der Waals surface area contributed by atoms with Crippen LogP contribution in [-0.4, -0.2) is 30.7 Å². The lowest BCUT2D eigenvalue weighted by Gasteiger charge is -2.32. The van der Waals surface area contributed by atoms with Gasteiger partial charge in [0.25, 0.3) is 0 Å². The molecule has 3 rings (SSSR count). The Balaban J connectivity index is 1.82. The summed E-state index contributed by atoms with van der Waals surface area (Å²) < 4.78 is 0. The Kier molecular flexibility index (Phi) is 4.65. The first-order valence-electron chi connectivity index (χ1n) is 7.30. The number of hydrogen-bond acceptors (Lipinski definition) is 4. The van der Waals surface area contributed by atoms with Crippen LogP contribution in [-0.2, 0) is 4.79 Å². The van der Waals surface area contributed by atoms with Crippen molar-refractivity contribution >= 4 is 29.0 Å². The van der Waals surface area contributed by atoms with Crippen molar-refractivity contribution in [1.82, 2.24) is 5.32 Å². The Morgan fingerprint density at radius 2 is 1.64 bits per heavy atom. The lowest BCUT2D eigenvalue weighted by atomic mass is 10.2. The summed E-state index contributed by atoms with van der Waals surface area (Å²) >= 11 is 1.76. The van der Waals surface area contributed by atoms with Crippen molar-refractivity contribution in [2.24, 2.45) is 0 Å². The van der Waals surface area contributed by atoms with E-state index in [1.54, 1.807) is 11.8 Å². The quantitative estimate of drug-likeness (QED) is 0.891. The fraction of sp³-hybridized carbons (Fsp3) is 0.235. The van der Waals surface area contributed by atoms with Crippen molar-refractivity contribution in [2.45, 2.75) is 16.2 Å². The van der Waals surface area contributed by atoms with Gasteiger partial charge >= 0.3 is 0 Å². The highest BCUT2D eigenvalue weighted by Crippen LogP contribution is 2.47. The summed E-state index contributed by atoms with van der Waals surface area (Å²) in [5.74, 6) is -0.0396. The first-order chi connectivity index (χ1) is 10.8. The third-order valence-electron chi connectivity index (χ3n) is 3.53. The number of rotatable bonds is 5. The van der Waals surface area contributed by atoms with Crippen LogP contribution in [0.3, 0.4) is 0 Å². The summed E-state index contributed by atoms with van der Waals surface area (Å²) in [6, 6.07) is 16.5. The molecule has 22 heavy (non-hydrogen) atoms. The molecule has 2 aromatic carbocycles. The summed E-state index contributed by atoms with van der Waals surface area (Å²) in [5.41, 5.74) is 2.28. The molecule has 0 aromatic heterocycles. The minimum Gasteiger partial charge on any atom is -0.395 e. The van der Waals surface area contributed by atoms with E-state index in [1.807, 2.05) is 24.3 Å². The van der Waals surface area contributed by atoms with Crippen LogP contribution in [0, 0.1) is 0 Å².